The molecule has 0 amide bonds. The zero-order valence-electron chi connectivity index (χ0n) is 12.3. The van der Waals surface area contributed by atoms with Crippen LogP contribution in [0, 0.1) is 24.1 Å². The van der Waals surface area contributed by atoms with Gasteiger partial charge in [-0.1, -0.05) is 32.9 Å². The van der Waals surface area contributed by atoms with Crippen molar-refractivity contribution in [3.63, 3.8) is 0 Å². The van der Waals surface area contributed by atoms with Crippen LogP contribution in [-0.2, 0) is 10.0 Å². The summed E-state index contributed by atoms with van der Waals surface area (Å²) < 4.78 is 41.8. The molecule has 1 aromatic rings. The Balaban J connectivity index is 2.84. The summed E-state index contributed by atoms with van der Waals surface area (Å²) in [4.78, 5) is 0. The molecule has 0 aliphatic rings. The van der Waals surface area contributed by atoms with Crippen molar-refractivity contribution in [2.75, 3.05) is 12.4 Å². The minimum atomic E-state index is -3.60. The average molecular weight is 303 g/mol. The van der Waals surface area contributed by atoms with E-state index in [-0.39, 0.29) is 29.4 Å². The van der Waals surface area contributed by atoms with Crippen molar-refractivity contribution < 1.29 is 17.5 Å². The average Bonchev–Trinajstić information content (AvgIpc) is 2.26. The van der Waals surface area contributed by atoms with Crippen LogP contribution in [0.15, 0.2) is 18.2 Å². The van der Waals surface area contributed by atoms with E-state index in [1.807, 2.05) is 20.8 Å². The van der Waals surface area contributed by atoms with E-state index in [0.29, 0.717) is 5.56 Å². The Bertz CT molecular complexity index is 564. The van der Waals surface area contributed by atoms with E-state index in [4.69, 9.17) is 9.88 Å². The molecule has 0 saturated heterocycles. The molecule has 0 saturated carbocycles. The second-order valence-corrected chi connectivity index (χ2v) is 7.75. The third kappa shape index (κ3) is 5.09. The number of primary sulfonamides is 1. The highest BCUT2D eigenvalue weighted by molar-refractivity contribution is 7.89. The molecular weight excluding hydrogens is 281 g/mol. The summed E-state index contributed by atoms with van der Waals surface area (Å²) in [5.41, 5.74) is 0.175. The molecule has 6 heteroatoms. The fourth-order valence-corrected chi connectivity index (χ4v) is 2.91. The summed E-state index contributed by atoms with van der Waals surface area (Å²) in [6.45, 7) is 7.45. The quantitative estimate of drug-likeness (QED) is 0.908. The molecule has 0 fully saturated rings. The standard InChI is InChI=1S/C14H22FNO3S/c1-10-6-5-7-12(13(10)15)19-8-11(14(2,3)4)9-20(16,17)18/h5-7,11H,8-9H2,1-4H3,(H2,16,17,18). The van der Waals surface area contributed by atoms with Crippen molar-refractivity contribution >= 4 is 10.0 Å². The summed E-state index contributed by atoms with van der Waals surface area (Å²) in [5.74, 6) is -0.800. The zero-order valence-corrected chi connectivity index (χ0v) is 13.1. The fourth-order valence-electron chi connectivity index (χ4n) is 1.75. The van der Waals surface area contributed by atoms with E-state index in [0.717, 1.165) is 0 Å². The van der Waals surface area contributed by atoms with E-state index in [2.05, 4.69) is 0 Å². The van der Waals surface area contributed by atoms with Gasteiger partial charge in [0.05, 0.1) is 12.4 Å². The van der Waals surface area contributed by atoms with Crippen LogP contribution in [-0.4, -0.2) is 20.8 Å². The van der Waals surface area contributed by atoms with Crippen molar-refractivity contribution in [2.45, 2.75) is 27.7 Å². The molecule has 1 atom stereocenters. The Kier molecular flexibility index (Phi) is 5.15. The number of hydrogen-bond acceptors (Lipinski definition) is 3. The summed E-state index contributed by atoms with van der Waals surface area (Å²) >= 11 is 0. The Morgan fingerprint density at radius 2 is 1.95 bits per heavy atom. The first-order valence-corrected chi connectivity index (χ1v) is 8.10. The van der Waals surface area contributed by atoms with Gasteiger partial charge in [-0.05, 0) is 24.0 Å². The number of benzene rings is 1. The summed E-state index contributed by atoms with van der Waals surface area (Å²) in [5, 5.41) is 5.10. The summed E-state index contributed by atoms with van der Waals surface area (Å²) in [6.07, 6.45) is 0. The third-order valence-electron chi connectivity index (χ3n) is 3.25. The fraction of sp³-hybridized carbons (Fsp3) is 0.571. The van der Waals surface area contributed by atoms with Gasteiger partial charge in [-0.3, -0.25) is 0 Å². The second-order valence-electron chi connectivity index (χ2n) is 6.09. The maximum atomic E-state index is 13.8. The lowest BCUT2D eigenvalue weighted by Crippen LogP contribution is -2.35. The lowest BCUT2D eigenvalue weighted by atomic mass is 9.82. The van der Waals surface area contributed by atoms with Gasteiger partial charge in [-0.25, -0.2) is 17.9 Å². The van der Waals surface area contributed by atoms with Gasteiger partial charge in [0, 0.05) is 5.92 Å². The van der Waals surface area contributed by atoms with E-state index in [1.165, 1.54) is 6.07 Å². The summed E-state index contributed by atoms with van der Waals surface area (Å²) in [7, 11) is -3.60. The van der Waals surface area contributed by atoms with Crippen molar-refractivity contribution in [1.29, 1.82) is 0 Å². The third-order valence-corrected chi connectivity index (χ3v) is 4.12. The molecule has 1 rings (SSSR count). The molecule has 0 aliphatic carbocycles. The van der Waals surface area contributed by atoms with Crippen LogP contribution in [0.25, 0.3) is 0 Å². The van der Waals surface area contributed by atoms with E-state index in [1.54, 1.807) is 19.1 Å². The van der Waals surface area contributed by atoms with Gasteiger partial charge in [-0.15, -0.1) is 0 Å². The van der Waals surface area contributed by atoms with Crippen LogP contribution >= 0.6 is 0 Å². The SMILES string of the molecule is Cc1cccc(OCC(CS(N)(=O)=O)C(C)(C)C)c1F. The Morgan fingerprint density at radius 1 is 1.35 bits per heavy atom. The maximum absolute atomic E-state index is 13.8. The van der Waals surface area contributed by atoms with Gasteiger partial charge in [0.15, 0.2) is 11.6 Å². The molecule has 0 radical (unpaired) electrons. The molecule has 0 bridgehead atoms. The van der Waals surface area contributed by atoms with Gasteiger partial charge < -0.3 is 4.74 Å². The number of ether oxygens (including phenoxy) is 1. The highest BCUT2D eigenvalue weighted by atomic mass is 32.2. The van der Waals surface area contributed by atoms with Crippen LogP contribution in [0.2, 0.25) is 0 Å². The maximum Gasteiger partial charge on any atom is 0.209 e. The molecule has 4 nitrogen and oxygen atoms in total. The molecule has 0 heterocycles. The van der Waals surface area contributed by atoms with E-state index < -0.39 is 15.8 Å². The van der Waals surface area contributed by atoms with E-state index >= 15 is 0 Å². The molecule has 0 aromatic heterocycles. The Labute approximate surface area is 120 Å². The van der Waals surface area contributed by atoms with Crippen molar-refractivity contribution in [1.82, 2.24) is 0 Å². The highest BCUT2D eigenvalue weighted by Crippen LogP contribution is 2.28. The first-order chi connectivity index (χ1) is 9.00. The van der Waals surface area contributed by atoms with Gasteiger partial charge in [0.25, 0.3) is 0 Å². The molecular formula is C14H22FNO3S. The minimum Gasteiger partial charge on any atom is -0.490 e. The molecule has 0 spiro atoms. The molecule has 1 aromatic carbocycles. The normalized spacial score (nSPS) is 14.1. The number of hydrogen-bond donors (Lipinski definition) is 1. The number of aryl methyl sites for hydroxylation is 1. The molecule has 2 N–H and O–H groups in total. The predicted octanol–water partition coefficient (Wildman–Crippen LogP) is 2.46. The summed E-state index contributed by atoms with van der Waals surface area (Å²) in [6, 6.07) is 4.87. The molecule has 0 aliphatic heterocycles. The highest BCUT2D eigenvalue weighted by Gasteiger charge is 2.29. The van der Waals surface area contributed by atoms with Crippen molar-refractivity contribution in [3.05, 3.63) is 29.6 Å². The van der Waals surface area contributed by atoms with Gasteiger partial charge >= 0.3 is 0 Å². The van der Waals surface area contributed by atoms with Gasteiger partial charge in [0.2, 0.25) is 10.0 Å². The lowest BCUT2D eigenvalue weighted by molar-refractivity contribution is 0.159. The minimum absolute atomic E-state index is 0.0975. The van der Waals surface area contributed by atoms with Crippen LogP contribution in [0.1, 0.15) is 26.3 Å². The van der Waals surface area contributed by atoms with Gasteiger partial charge in [0.1, 0.15) is 0 Å². The molecule has 1 unspecified atom stereocenters. The van der Waals surface area contributed by atoms with E-state index in [9.17, 15) is 12.8 Å². The topological polar surface area (TPSA) is 69.4 Å². The van der Waals surface area contributed by atoms with Crippen molar-refractivity contribution in [2.24, 2.45) is 16.5 Å². The van der Waals surface area contributed by atoms with Crippen molar-refractivity contribution in [3.8, 4) is 5.75 Å². The number of halogens is 1. The lowest BCUT2D eigenvalue weighted by Gasteiger charge is -2.29. The first-order valence-electron chi connectivity index (χ1n) is 6.39. The van der Waals surface area contributed by atoms with Crippen LogP contribution < -0.4 is 9.88 Å². The smallest absolute Gasteiger partial charge is 0.209 e. The number of rotatable bonds is 5. The monoisotopic (exact) mass is 303 g/mol. The van der Waals surface area contributed by atoms with Gasteiger partial charge in [-0.2, -0.15) is 0 Å². The van der Waals surface area contributed by atoms with Crippen LogP contribution in [0.5, 0.6) is 5.75 Å². The molecule has 20 heavy (non-hydrogen) atoms. The largest absolute Gasteiger partial charge is 0.490 e. The van der Waals surface area contributed by atoms with Crippen LogP contribution in [0.3, 0.4) is 0 Å². The Hall–Kier alpha value is -1.14. The Morgan fingerprint density at radius 3 is 2.45 bits per heavy atom. The second kappa shape index (κ2) is 6.10. The number of nitrogens with two attached hydrogens (primary N) is 1. The van der Waals surface area contributed by atoms with Crippen LogP contribution in [0.4, 0.5) is 4.39 Å². The number of sulfonamides is 1. The molecule has 114 valence electrons. The first kappa shape index (κ1) is 16.9. The zero-order chi connectivity index (χ0) is 15.6. The predicted molar refractivity (Wildman–Crippen MR) is 77.6 cm³/mol.